The van der Waals surface area contributed by atoms with Gasteiger partial charge in [0.15, 0.2) is 0 Å². The van der Waals surface area contributed by atoms with Crippen molar-refractivity contribution in [1.82, 2.24) is 5.32 Å². The van der Waals surface area contributed by atoms with E-state index in [1.807, 2.05) is 19.9 Å². The third-order valence-corrected chi connectivity index (χ3v) is 7.22. The molecule has 4 rings (SSSR count). The number of carbonyl (C=O) groups excluding carboxylic acids is 3. The SMILES string of the molecule is Cc1ccc(S(=O)(=O)Oc2ccc(Br)cc2/C=C2\C(=O)NC(=O)N(c3ccc(C)cc3C)C2=O)cc1. The summed E-state index contributed by atoms with van der Waals surface area (Å²) < 4.78 is 31.7. The maximum atomic E-state index is 13.3. The number of hydrogen-bond acceptors (Lipinski definition) is 6. The average Bonchev–Trinajstić information content (AvgIpc) is 2.79. The molecule has 0 bridgehead atoms. The van der Waals surface area contributed by atoms with Gasteiger partial charge in [-0.15, -0.1) is 0 Å². The molecule has 1 saturated heterocycles. The number of amides is 4. The average molecular weight is 569 g/mol. The van der Waals surface area contributed by atoms with Crippen LogP contribution in [-0.4, -0.2) is 26.3 Å². The summed E-state index contributed by atoms with van der Waals surface area (Å²) in [5, 5.41) is 2.17. The molecule has 1 heterocycles. The van der Waals surface area contributed by atoms with E-state index in [0.29, 0.717) is 15.7 Å². The largest absolute Gasteiger partial charge is 0.378 e. The molecule has 0 radical (unpaired) electrons. The summed E-state index contributed by atoms with van der Waals surface area (Å²) in [5.74, 6) is -1.84. The fourth-order valence-electron chi connectivity index (χ4n) is 3.67. The zero-order valence-electron chi connectivity index (χ0n) is 19.5. The van der Waals surface area contributed by atoms with Crippen LogP contribution in [0.5, 0.6) is 5.75 Å². The standard InChI is InChI=1S/C26H21BrN2O6S/c1-15-4-8-20(9-5-15)36(33,34)35-23-11-7-19(27)13-18(23)14-21-24(30)28-26(32)29(25(21)31)22-10-6-16(2)12-17(22)3/h4-14H,1-3H3,(H,28,30,32)/b21-14+. The third-order valence-electron chi connectivity index (χ3n) is 5.48. The van der Waals surface area contributed by atoms with Crippen LogP contribution in [0.1, 0.15) is 22.3 Å². The fourth-order valence-corrected chi connectivity index (χ4v) is 5.00. The van der Waals surface area contributed by atoms with Gasteiger partial charge in [-0.1, -0.05) is 51.3 Å². The second-order valence-electron chi connectivity index (χ2n) is 8.28. The highest BCUT2D eigenvalue weighted by atomic mass is 79.9. The first-order chi connectivity index (χ1) is 17.0. The van der Waals surface area contributed by atoms with Crippen LogP contribution in [0, 0.1) is 20.8 Å². The first-order valence-electron chi connectivity index (χ1n) is 10.8. The Bertz CT molecular complexity index is 1550. The van der Waals surface area contributed by atoms with E-state index in [9.17, 15) is 22.8 Å². The van der Waals surface area contributed by atoms with Crippen molar-refractivity contribution in [3.63, 3.8) is 0 Å². The summed E-state index contributed by atoms with van der Waals surface area (Å²) in [6.45, 7) is 5.46. The van der Waals surface area contributed by atoms with Crippen molar-refractivity contribution >= 4 is 55.7 Å². The van der Waals surface area contributed by atoms with Crippen molar-refractivity contribution in [1.29, 1.82) is 0 Å². The molecule has 3 aromatic carbocycles. The maximum Gasteiger partial charge on any atom is 0.339 e. The van der Waals surface area contributed by atoms with Gasteiger partial charge in [-0.3, -0.25) is 14.9 Å². The van der Waals surface area contributed by atoms with Crippen molar-refractivity contribution in [2.45, 2.75) is 25.7 Å². The Morgan fingerprint density at radius 1 is 0.889 bits per heavy atom. The zero-order valence-corrected chi connectivity index (χ0v) is 21.9. The smallest absolute Gasteiger partial charge is 0.339 e. The van der Waals surface area contributed by atoms with Crippen LogP contribution in [0.25, 0.3) is 6.08 Å². The summed E-state index contributed by atoms with van der Waals surface area (Å²) >= 11 is 3.31. The number of aryl methyl sites for hydroxylation is 3. The monoisotopic (exact) mass is 568 g/mol. The maximum absolute atomic E-state index is 13.3. The number of anilines is 1. The molecule has 0 aliphatic carbocycles. The van der Waals surface area contributed by atoms with Gasteiger partial charge >= 0.3 is 16.1 Å². The third kappa shape index (κ3) is 5.09. The molecule has 8 nitrogen and oxygen atoms in total. The predicted molar refractivity (Wildman–Crippen MR) is 138 cm³/mol. The van der Waals surface area contributed by atoms with Gasteiger partial charge in [0.2, 0.25) is 0 Å². The molecular formula is C26H21BrN2O6S. The van der Waals surface area contributed by atoms with E-state index in [-0.39, 0.29) is 21.8 Å². The van der Waals surface area contributed by atoms with Crippen LogP contribution >= 0.6 is 15.9 Å². The Morgan fingerprint density at radius 2 is 1.56 bits per heavy atom. The van der Waals surface area contributed by atoms with E-state index in [4.69, 9.17) is 4.18 Å². The number of halogens is 1. The molecule has 0 spiro atoms. The number of carbonyl (C=O) groups is 3. The van der Waals surface area contributed by atoms with Crippen molar-refractivity contribution < 1.29 is 27.0 Å². The molecule has 10 heteroatoms. The first kappa shape index (κ1) is 25.3. The lowest BCUT2D eigenvalue weighted by Gasteiger charge is -2.27. The highest BCUT2D eigenvalue weighted by molar-refractivity contribution is 9.10. The van der Waals surface area contributed by atoms with Crippen LogP contribution < -0.4 is 14.4 Å². The van der Waals surface area contributed by atoms with Crippen LogP contribution in [0.4, 0.5) is 10.5 Å². The number of rotatable bonds is 5. The minimum atomic E-state index is -4.20. The Balaban J connectivity index is 1.76. The number of nitrogens with zero attached hydrogens (tertiary/aromatic N) is 1. The lowest BCUT2D eigenvalue weighted by atomic mass is 10.0. The van der Waals surface area contributed by atoms with Crippen molar-refractivity contribution in [3.8, 4) is 5.75 Å². The number of hydrogen-bond donors (Lipinski definition) is 1. The lowest BCUT2D eigenvalue weighted by Crippen LogP contribution is -2.54. The molecule has 3 aromatic rings. The summed E-state index contributed by atoms with van der Waals surface area (Å²) in [6, 6.07) is 14.9. The molecule has 1 fully saturated rings. The first-order valence-corrected chi connectivity index (χ1v) is 13.0. The van der Waals surface area contributed by atoms with E-state index in [2.05, 4.69) is 21.2 Å². The van der Waals surface area contributed by atoms with Crippen LogP contribution in [0.2, 0.25) is 0 Å². The van der Waals surface area contributed by atoms with Crippen molar-refractivity contribution in [2.24, 2.45) is 0 Å². The molecule has 4 amide bonds. The van der Waals surface area contributed by atoms with Gasteiger partial charge in [0.1, 0.15) is 16.2 Å². The number of nitrogens with one attached hydrogen (secondary N) is 1. The number of barbiturate groups is 1. The molecule has 1 aliphatic rings. The minimum Gasteiger partial charge on any atom is -0.378 e. The van der Waals surface area contributed by atoms with E-state index in [0.717, 1.165) is 16.0 Å². The van der Waals surface area contributed by atoms with Gasteiger partial charge < -0.3 is 4.18 Å². The van der Waals surface area contributed by atoms with E-state index in [1.54, 1.807) is 37.3 Å². The van der Waals surface area contributed by atoms with E-state index in [1.165, 1.54) is 30.3 Å². The number of urea groups is 1. The van der Waals surface area contributed by atoms with Gasteiger partial charge in [-0.2, -0.15) is 8.42 Å². The van der Waals surface area contributed by atoms with Gasteiger partial charge in [0.05, 0.1) is 5.69 Å². The Labute approximate surface area is 216 Å². The Morgan fingerprint density at radius 3 is 2.22 bits per heavy atom. The normalized spacial score (nSPS) is 15.3. The van der Waals surface area contributed by atoms with Gasteiger partial charge in [-0.25, -0.2) is 9.69 Å². The van der Waals surface area contributed by atoms with Crippen LogP contribution in [0.15, 0.2) is 75.6 Å². The zero-order chi connectivity index (χ0) is 26.2. The molecule has 0 saturated carbocycles. The summed E-state index contributed by atoms with van der Waals surface area (Å²) in [4.78, 5) is 39.4. The summed E-state index contributed by atoms with van der Waals surface area (Å²) in [5.41, 5.74) is 2.61. The van der Waals surface area contributed by atoms with Gasteiger partial charge in [0.25, 0.3) is 11.8 Å². The molecule has 0 aromatic heterocycles. The molecule has 0 atom stereocenters. The summed E-state index contributed by atoms with van der Waals surface area (Å²) in [7, 11) is -4.20. The second-order valence-corrected chi connectivity index (χ2v) is 10.7. The topological polar surface area (TPSA) is 110 Å². The van der Waals surface area contributed by atoms with E-state index >= 15 is 0 Å². The molecule has 36 heavy (non-hydrogen) atoms. The molecule has 1 N–H and O–H groups in total. The molecule has 1 aliphatic heterocycles. The highest BCUT2D eigenvalue weighted by Crippen LogP contribution is 2.31. The highest BCUT2D eigenvalue weighted by Gasteiger charge is 2.37. The fraction of sp³-hybridized carbons (Fsp3) is 0.115. The van der Waals surface area contributed by atoms with Crippen molar-refractivity contribution in [3.05, 3.63) is 93.0 Å². The second kappa shape index (κ2) is 9.71. The molecule has 0 unspecified atom stereocenters. The molecule has 184 valence electrons. The van der Waals surface area contributed by atoms with Gasteiger partial charge in [0, 0.05) is 10.0 Å². The predicted octanol–water partition coefficient (Wildman–Crippen LogP) is 4.81. The minimum absolute atomic E-state index is 0.0484. The lowest BCUT2D eigenvalue weighted by molar-refractivity contribution is -0.122. The van der Waals surface area contributed by atoms with Gasteiger partial charge in [-0.05, 0) is 68.8 Å². The van der Waals surface area contributed by atoms with Crippen LogP contribution in [0.3, 0.4) is 0 Å². The number of imide groups is 2. The quantitative estimate of drug-likeness (QED) is 0.269. The van der Waals surface area contributed by atoms with Crippen LogP contribution in [-0.2, 0) is 19.7 Å². The van der Waals surface area contributed by atoms with Crippen molar-refractivity contribution in [2.75, 3.05) is 4.90 Å². The number of benzene rings is 3. The Hall–Kier alpha value is -3.76. The summed E-state index contributed by atoms with van der Waals surface area (Å²) in [6.07, 6.45) is 1.20. The Kier molecular flexibility index (Phi) is 6.83. The van der Waals surface area contributed by atoms with E-state index < -0.39 is 28.0 Å². The molecular weight excluding hydrogens is 548 g/mol.